The highest BCUT2D eigenvalue weighted by Gasteiger charge is 2.43. The molecule has 2 aliphatic heterocycles. The second-order valence-electron chi connectivity index (χ2n) is 4.25. The van der Waals surface area contributed by atoms with E-state index in [1.807, 2.05) is 0 Å². The Hall–Kier alpha value is -0.120. The quantitative estimate of drug-likeness (QED) is 0.691. The van der Waals surface area contributed by atoms with E-state index in [0.717, 1.165) is 26.1 Å². The maximum Gasteiger partial charge on any atom is 0.113 e. The van der Waals surface area contributed by atoms with Gasteiger partial charge in [0.1, 0.15) is 12.5 Å². The summed E-state index contributed by atoms with van der Waals surface area (Å²) < 4.78 is 11.6. The Bertz CT molecular complexity index is 164. The van der Waals surface area contributed by atoms with Crippen LogP contribution in [0.5, 0.6) is 0 Å². The molecule has 0 radical (unpaired) electrons. The normalized spacial score (nSPS) is 37.7. The topological polar surface area (TPSA) is 21.7 Å². The molecule has 0 aromatic heterocycles. The van der Waals surface area contributed by atoms with Crippen molar-refractivity contribution in [3.05, 3.63) is 0 Å². The first-order valence-corrected chi connectivity index (χ1v) is 5.87. The molecule has 0 bridgehead atoms. The minimum Gasteiger partial charge on any atom is -0.361 e. The number of ether oxygens (including phenoxy) is 2. The van der Waals surface area contributed by atoms with Crippen LogP contribution in [0.25, 0.3) is 0 Å². The summed E-state index contributed by atoms with van der Waals surface area (Å²) in [6, 6.07) is 0.531. The van der Waals surface area contributed by atoms with Gasteiger partial charge >= 0.3 is 0 Å². The van der Waals surface area contributed by atoms with Crippen LogP contribution in [0.4, 0.5) is 0 Å². The van der Waals surface area contributed by atoms with E-state index in [0.29, 0.717) is 18.5 Å². The average molecular weight is 199 g/mol. The molecule has 3 heteroatoms. The maximum atomic E-state index is 5.78. The minimum absolute atomic E-state index is 0.323. The van der Waals surface area contributed by atoms with E-state index < -0.39 is 0 Å². The first-order valence-electron chi connectivity index (χ1n) is 5.87. The predicted molar refractivity (Wildman–Crippen MR) is 54.9 cm³/mol. The Morgan fingerprint density at radius 2 is 1.50 bits per heavy atom. The number of hydrogen-bond acceptors (Lipinski definition) is 3. The van der Waals surface area contributed by atoms with Gasteiger partial charge in [-0.3, -0.25) is 0 Å². The standard InChI is InChI=1S/C11H21NO2/c1-3-5-10-12-9(7-13-10)8-14-11(12)6-4-2/h9-11H,3-8H2,1-2H3. The molecule has 2 unspecified atom stereocenters. The van der Waals surface area contributed by atoms with Crippen LogP contribution >= 0.6 is 0 Å². The lowest BCUT2D eigenvalue weighted by molar-refractivity contribution is -0.0627. The fourth-order valence-electron chi connectivity index (χ4n) is 2.45. The molecule has 82 valence electrons. The largest absolute Gasteiger partial charge is 0.361 e. The van der Waals surface area contributed by atoms with Crippen molar-refractivity contribution in [1.82, 2.24) is 4.90 Å². The van der Waals surface area contributed by atoms with E-state index in [-0.39, 0.29) is 0 Å². The molecule has 0 spiro atoms. The monoisotopic (exact) mass is 199 g/mol. The molecule has 0 aliphatic carbocycles. The molecule has 2 saturated heterocycles. The fraction of sp³-hybridized carbons (Fsp3) is 1.00. The number of nitrogens with zero attached hydrogens (tertiary/aromatic N) is 1. The van der Waals surface area contributed by atoms with Crippen LogP contribution in [0, 0.1) is 0 Å². The van der Waals surface area contributed by atoms with Gasteiger partial charge in [-0.2, -0.15) is 0 Å². The molecule has 0 saturated carbocycles. The lowest BCUT2D eigenvalue weighted by atomic mass is 10.2. The molecular formula is C11H21NO2. The molecule has 0 aromatic rings. The van der Waals surface area contributed by atoms with Crippen molar-refractivity contribution in [2.75, 3.05) is 13.2 Å². The summed E-state index contributed by atoms with van der Waals surface area (Å²) in [7, 11) is 0. The second kappa shape index (κ2) is 4.60. The smallest absolute Gasteiger partial charge is 0.113 e. The van der Waals surface area contributed by atoms with E-state index >= 15 is 0 Å². The third-order valence-corrected chi connectivity index (χ3v) is 3.12. The SMILES string of the molecule is CCCC1OCC2COC(CCC)N21. The molecule has 2 rings (SSSR count). The van der Waals surface area contributed by atoms with E-state index in [1.165, 1.54) is 12.8 Å². The van der Waals surface area contributed by atoms with Gasteiger partial charge < -0.3 is 9.47 Å². The van der Waals surface area contributed by atoms with Crippen molar-refractivity contribution >= 4 is 0 Å². The number of fused-ring (bicyclic) bond motifs is 1. The first-order chi connectivity index (χ1) is 6.86. The fourth-order valence-corrected chi connectivity index (χ4v) is 2.45. The lowest BCUT2D eigenvalue weighted by Gasteiger charge is -2.26. The minimum atomic E-state index is 0.323. The summed E-state index contributed by atoms with van der Waals surface area (Å²) >= 11 is 0. The van der Waals surface area contributed by atoms with Gasteiger partial charge in [-0.1, -0.05) is 26.7 Å². The summed E-state index contributed by atoms with van der Waals surface area (Å²) in [6.45, 7) is 6.15. The van der Waals surface area contributed by atoms with Gasteiger partial charge in [0.2, 0.25) is 0 Å². The zero-order valence-electron chi connectivity index (χ0n) is 9.24. The van der Waals surface area contributed by atoms with Gasteiger partial charge in [0.15, 0.2) is 0 Å². The van der Waals surface area contributed by atoms with Gasteiger partial charge in [-0.15, -0.1) is 0 Å². The van der Waals surface area contributed by atoms with Crippen LogP contribution in [0.1, 0.15) is 39.5 Å². The lowest BCUT2D eigenvalue weighted by Crippen LogP contribution is -2.39. The zero-order valence-corrected chi connectivity index (χ0v) is 9.24. The molecule has 2 aliphatic rings. The summed E-state index contributed by atoms with van der Waals surface area (Å²) in [4.78, 5) is 2.45. The van der Waals surface area contributed by atoms with Gasteiger partial charge in [0, 0.05) is 0 Å². The highest BCUT2D eigenvalue weighted by molar-refractivity contribution is 4.87. The Balaban J connectivity index is 1.96. The Morgan fingerprint density at radius 3 is 1.93 bits per heavy atom. The van der Waals surface area contributed by atoms with Crippen molar-refractivity contribution in [3.8, 4) is 0 Å². The van der Waals surface area contributed by atoms with Crippen molar-refractivity contribution in [3.63, 3.8) is 0 Å². The van der Waals surface area contributed by atoms with E-state index in [9.17, 15) is 0 Å². The Labute approximate surface area is 86.4 Å². The van der Waals surface area contributed by atoms with Crippen LogP contribution < -0.4 is 0 Å². The van der Waals surface area contributed by atoms with E-state index in [2.05, 4.69) is 18.7 Å². The summed E-state index contributed by atoms with van der Waals surface area (Å²) in [5, 5.41) is 0. The molecular weight excluding hydrogens is 178 g/mol. The first kappa shape index (κ1) is 10.4. The van der Waals surface area contributed by atoms with Gasteiger partial charge in [-0.25, -0.2) is 4.90 Å². The van der Waals surface area contributed by atoms with Crippen LogP contribution in [0.2, 0.25) is 0 Å². The van der Waals surface area contributed by atoms with Gasteiger partial charge in [0.05, 0.1) is 19.3 Å². The zero-order chi connectivity index (χ0) is 9.97. The van der Waals surface area contributed by atoms with E-state index in [4.69, 9.17) is 9.47 Å². The summed E-state index contributed by atoms with van der Waals surface area (Å²) in [5.41, 5.74) is 0. The number of hydrogen-bond donors (Lipinski definition) is 0. The summed E-state index contributed by atoms with van der Waals surface area (Å²) in [6.07, 6.45) is 5.30. The summed E-state index contributed by atoms with van der Waals surface area (Å²) in [5.74, 6) is 0. The third-order valence-electron chi connectivity index (χ3n) is 3.12. The second-order valence-corrected chi connectivity index (χ2v) is 4.25. The molecule has 2 atom stereocenters. The molecule has 0 aromatic carbocycles. The van der Waals surface area contributed by atoms with Crippen LogP contribution in [-0.2, 0) is 9.47 Å². The molecule has 14 heavy (non-hydrogen) atoms. The maximum absolute atomic E-state index is 5.78. The highest BCUT2D eigenvalue weighted by Crippen LogP contribution is 2.31. The molecule has 0 amide bonds. The Kier molecular flexibility index (Phi) is 3.42. The van der Waals surface area contributed by atoms with Crippen molar-refractivity contribution in [2.45, 2.75) is 58.0 Å². The van der Waals surface area contributed by atoms with Gasteiger partial charge in [0.25, 0.3) is 0 Å². The average Bonchev–Trinajstić information content (AvgIpc) is 2.72. The third kappa shape index (κ3) is 1.81. The van der Waals surface area contributed by atoms with Crippen LogP contribution in [-0.4, -0.2) is 36.6 Å². The molecule has 2 heterocycles. The van der Waals surface area contributed by atoms with Crippen molar-refractivity contribution < 1.29 is 9.47 Å². The van der Waals surface area contributed by atoms with E-state index in [1.54, 1.807) is 0 Å². The molecule has 0 N–H and O–H groups in total. The molecule has 3 nitrogen and oxygen atoms in total. The predicted octanol–water partition coefficient (Wildman–Crippen LogP) is 1.97. The van der Waals surface area contributed by atoms with Gasteiger partial charge in [-0.05, 0) is 12.8 Å². The highest BCUT2D eigenvalue weighted by atomic mass is 16.6. The van der Waals surface area contributed by atoms with Crippen LogP contribution in [0.3, 0.4) is 0 Å². The number of rotatable bonds is 4. The van der Waals surface area contributed by atoms with Crippen molar-refractivity contribution in [1.29, 1.82) is 0 Å². The van der Waals surface area contributed by atoms with Crippen molar-refractivity contribution in [2.24, 2.45) is 0 Å². The Morgan fingerprint density at radius 1 is 1.00 bits per heavy atom. The van der Waals surface area contributed by atoms with Crippen LogP contribution in [0.15, 0.2) is 0 Å². The molecule has 2 fully saturated rings.